The quantitative estimate of drug-likeness (QED) is 0.892. The van der Waals surface area contributed by atoms with Crippen LogP contribution in [0.4, 0.5) is 11.6 Å². The summed E-state index contributed by atoms with van der Waals surface area (Å²) in [5, 5.41) is 2.79. The summed E-state index contributed by atoms with van der Waals surface area (Å²) in [5.74, 6) is -0.278. The fourth-order valence-corrected chi connectivity index (χ4v) is 2.01. The van der Waals surface area contributed by atoms with Gasteiger partial charge >= 0.3 is 0 Å². The van der Waals surface area contributed by atoms with Gasteiger partial charge in [0.05, 0.1) is 0 Å². The van der Waals surface area contributed by atoms with Crippen molar-refractivity contribution < 1.29 is 4.79 Å². The first-order valence-electron chi connectivity index (χ1n) is 6.58. The van der Waals surface area contributed by atoms with Gasteiger partial charge in [0.1, 0.15) is 6.54 Å². The second kappa shape index (κ2) is 5.78. The molecule has 0 aliphatic carbocycles. The Kier molecular flexibility index (Phi) is 4.07. The largest absolute Gasteiger partial charge is 0.369 e. The van der Waals surface area contributed by atoms with Crippen LogP contribution in [0.3, 0.4) is 0 Å². The normalized spacial score (nSPS) is 10.4. The van der Waals surface area contributed by atoms with Crippen LogP contribution in [0.15, 0.2) is 29.1 Å². The van der Waals surface area contributed by atoms with E-state index in [4.69, 9.17) is 5.73 Å². The molecule has 0 aliphatic heterocycles. The molecule has 1 aromatic heterocycles. The first-order valence-corrected chi connectivity index (χ1v) is 6.58. The van der Waals surface area contributed by atoms with Crippen LogP contribution in [0.25, 0.3) is 0 Å². The predicted octanol–water partition coefficient (Wildman–Crippen LogP) is 1.39. The Labute approximate surface area is 122 Å². The van der Waals surface area contributed by atoms with Crippen molar-refractivity contribution in [2.75, 3.05) is 11.1 Å². The van der Waals surface area contributed by atoms with Crippen molar-refractivity contribution in [1.29, 1.82) is 0 Å². The topological polar surface area (TPSA) is 90.0 Å². The molecule has 1 amide bonds. The number of hydrogen-bond donors (Lipinski definition) is 2. The minimum Gasteiger partial charge on any atom is -0.369 e. The summed E-state index contributed by atoms with van der Waals surface area (Å²) in [6, 6.07) is 7.13. The van der Waals surface area contributed by atoms with Crippen molar-refractivity contribution in [2.45, 2.75) is 27.3 Å². The lowest BCUT2D eigenvalue weighted by atomic mass is 10.1. The zero-order valence-corrected chi connectivity index (χ0v) is 12.3. The van der Waals surface area contributed by atoms with E-state index >= 15 is 0 Å². The van der Waals surface area contributed by atoms with E-state index in [0.717, 1.165) is 21.4 Å². The van der Waals surface area contributed by atoms with Crippen LogP contribution < -0.4 is 16.6 Å². The van der Waals surface area contributed by atoms with Gasteiger partial charge in [-0.05, 0) is 38.0 Å². The number of nitrogens with two attached hydrogens (primary N) is 1. The van der Waals surface area contributed by atoms with Crippen LogP contribution in [0.2, 0.25) is 0 Å². The minimum absolute atomic E-state index is 0.0381. The summed E-state index contributed by atoms with van der Waals surface area (Å²) >= 11 is 0. The number of nitrogen functional groups attached to an aromatic ring is 1. The van der Waals surface area contributed by atoms with Crippen molar-refractivity contribution in [3.8, 4) is 0 Å². The van der Waals surface area contributed by atoms with Crippen LogP contribution in [-0.2, 0) is 11.3 Å². The SMILES string of the molecule is Cc1ccc(C)c(NC(=O)Cn2c(N)nc(C)cc2=O)c1. The number of nitrogens with one attached hydrogen (secondary N) is 1. The van der Waals surface area contributed by atoms with Crippen LogP contribution in [0, 0.1) is 20.8 Å². The number of carbonyl (C=O) groups is 1. The molecule has 1 heterocycles. The molecule has 6 heteroatoms. The van der Waals surface area contributed by atoms with E-state index < -0.39 is 0 Å². The van der Waals surface area contributed by atoms with Crippen molar-refractivity contribution in [3.05, 3.63) is 51.4 Å². The van der Waals surface area contributed by atoms with Gasteiger partial charge in [-0.25, -0.2) is 4.98 Å². The number of amides is 1. The first-order chi connectivity index (χ1) is 9.86. The summed E-state index contributed by atoms with van der Waals surface area (Å²) in [6.07, 6.45) is 0. The number of benzene rings is 1. The van der Waals surface area contributed by atoms with E-state index in [2.05, 4.69) is 10.3 Å². The van der Waals surface area contributed by atoms with Gasteiger partial charge in [0, 0.05) is 17.4 Å². The lowest BCUT2D eigenvalue weighted by molar-refractivity contribution is -0.116. The molecule has 0 bridgehead atoms. The highest BCUT2D eigenvalue weighted by molar-refractivity contribution is 5.91. The molecule has 21 heavy (non-hydrogen) atoms. The molecule has 0 radical (unpaired) electrons. The number of anilines is 2. The maximum absolute atomic E-state index is 12.1. The minimum atomic E-state index is -0.337. The summed E-state index contributed by atoms with van der Waals surface area (Å²) in [5.41, 5.74) is 8.61. The fraction of sp³-hybridized carbons (Fsp3) is 0.267. The highest BCUT2D eigenvalue weighted by Crippen LogP contribution is 2.16. The maximum atomic E-state index is 12.1. The zero-order valence-electron chi connectivity index (χ0n) is 12.3. The molecule has 6 nitrogen and oxygen atoms in total. The van der Waals surface area contributed by atoms with E-state index in [9.17, 15) is 9.59 Å². The number of carbonyl (C=O) groups excluding carboxylic acids is 1. The summed E-state index contributed by atoms with van der Waals surface area (Å²) in [6.45, 7) is 5.37. The van der Waals surface area contributed by atoms with Gasteiger partial charge in [0.25, 0.3) is 5.56 Å². The van der Waals surface area contributed by atoms with E-state index in [1.807, 2.05) is 32.0 Å². The van der Waals surface area contributed by atoms with Gasteiger partial charge in [0.2, 0.25) is 11.9 Å². The molecule has 1 aromatic carbocycles. The lowest BCUT2D eigenvalue weighted by Crippen LogP contribution is -2.30. The van der Waals surface area contributed by atoms with Crippen molar-refractivity contribution >= 4 is 17.5 Å². The monoisotopic (exact) mass is 286 g/mol. The summed E-state index contributed by atoms with van der Waals surface area (Å²) < 4.78 is 1.15. The average Bonchev–Trinajstić information content (AvgIpc) is 2.38. The van der Waals surface area contributed by atoms with Gasteiger partial charge in [-0.1, -0.05) is 12.1 Å². The van der Waals surface area contributed by atoms with Gasteiger partial charge in [-0.2, -0.15) is 0 Å². The smallest absolute Gasteiger partial charge is 0.255 e. The summed E-state index contributed by atoms with van der Waals surface area (Å²) in [4.78, 5) is 27.9. The Morgan fingerprint density at radius 3 is 2.67 bits per heavy atom. The van der Waals surface area contributed by atoms with Gasteiger partial charge in [0.15, 0.2) is 0 Å². The molecule has 0 unspecified atom stereocenters. The Hall–Kier alpha value is -2.63. The molecular weight excluding hydrogens is 268 g/mol. The molecule has 0 aliphatic rings. The van der Waals surface area contributed by atoms with E-state index in [1.54, 1.807) is 6.92 Å². The number of nitrogens with zero attached hydrogens (tertiary/aromatic N) is 2. The second-order valence-electron chi connectivity index (χ2n) is 5.05. The van der Waals surface area contributed by atoms with E-state index in [0.29, 0.717) is 5.69 Å². The Bertz CT molecular complexity index is 750. The highest BCUT2D eigenvalue weighted by Gasteiger charge is 2.10. The standard InChI is InChI=1S/C15H18N4O2/c1-9-4-5-10(2)12(6-9)18-13(20)8-19-14(21)7-11(3)17-15(19)16/h4-7H,8H2,1-3H3,(H2,16,17)(H,18,20). The number of aryl methyl sites for hydroxylation is 3. The molecule has 2 rings (SSSR count). The maximum Gasteiger partial charge on any atom is 0.255 e. The molecule has 3 N–H and O–H groups in total. The molecule has 0 saturated heterocycles. The molecule has 2 aromatic rings. The van der Waals surface area contributed by atoms with Crippen LogP contribution in [0.1, 0.15) is 16.8 Å². The van der Waals surface area contributed by atoms with Crippen LogP contribution >= 0.6 is 0 Å². The number of rotatable bonds is 3. The molecule has 0 fully saturated rings. The van der Waals surface area contributed by atoms with Crippen molar-refractivity contribution in [2.24, 2.45) is 0 Å². The molecule has 0 spiro atoms. The zero-order chi connectivity index (χ0) is 15.6. The van der Waals surface area contributed by atoms with E-state index in [1.165, 1.54) is 6.07 Å². The van der Waals surface area contributed by atoms with Crippen LogP contribution in [-0.4, -0.2) is 15.5 Å². The third-order valence-electron chi connectivity index (χ3n) is 3.13. The van der Waals surface area contributed by atoms with Crippen molar-refractivity contribution in [1.82, 2.24) is 9.55 Å². The Morgan fingerprint density at radius 1 is 1.29 bits per heavy atom. The Morgan fingerprint density at radius 2 is 2.00 bits per heavy atom. The highest BCUT2D eigenvalue weighted by atomic mass is 16.2. The molecule has 110 valence electrons. The lowest BCUT2D eigenvalue weighted by Gasteiger charge is -2.11. The predicted molar refractivity (Wildman–Crippen MR) is 82.2 cm³/mol. The van der Waals surface area contributed by atoms with Gasteiger partial charge in [-0.15, -0.1) is 0 Å². The van der Waals surface area contributed by atoms with Crippen LogP contribution in [0.5, 0.6) is 0 Å². The average molecular weight is 286 g/mol. The number of aromatic nitrogens is 2. The fourth-order valence-electron chi connectivity index (χ4n) is 2.01. The molecule has 0 atom stereocenters. The second-order valence-corrected chi connectivity index (χ2v) is 5.05. The molecule has 0 saturated carbocycles. The Balaban J connectivity index is 2.20. The van der Waals surface area contributed by atoms with Crippen molar-refractivity contribution in [3.63, 3.8) is 0 Å². The van der Waals surface area contributed by atoms with Gasteiger partial charge < -0.3 is 11.1 Å². The first kappa shape index (κ1) is 14.8. The number of hydrogen-bond acceptors (Lipinski definition) is 4. The van der Waals surface area contributed by atoms with Gasteiger partial charge in [-0.3, -0.25) is 14.2 Å². The third kappa shape index (κ3) is 3.47. The summed E-state index contributed by atoms with van der Waals surface area (Å²) in [7, 11) is 0. The van der Waals surface area contributed by atoms with E-state index in [-0.39, 0.29) is 24.0 Å². The molecular formula is C15H18N4O2. The third-order valence-corrected chi connectivity index (χ3v) is 3.13.